The van der Waals surface area contributed by atoms with Crippen LogP contribution in [0, 0.1) is 11.3 Å². The average Bonchev–Trinajstić information content (AvgIpc) is 3.27. The van der Waals surface area contributed by atoms with Crippen LogP contribution in [0.25, 0.3) is 0 Å². The lowest BCUT2D eigenvalue weighted by Gasteiger charge is -2.38. The standard InChI is InChI=1S/C30H27N3O/c31-30(32)21-14-15-26-24(17-21)28-22-11-5-4-10-20(22)16-25(28)29(33-26)23-12-6-7-13-27(23)34-18-19-8-2-1-3-9-19/h1-15,17,25,28-29,33H,16,18H2,(H3,31,32). The molecule has 0 radical (unpaired) electrons. The van der Waals surface area contributed by atoms with Crippen molar-refractivity contribution in [1.29, 1.82) is 5.41 Å². The molecule has 0 amide bonds. The van der Waals surface area contributed by atoms with Crippen molar-refractivity contribution >= 4 is 11.5 Å². The summed E-state index contributed by atoms with van der Waals surface area (Å²) in [5.74, 6) is 1.61. The maximum absolute atomic E-state index is 7.95. The third kappa shape index (κ3) is 3.52. The molecule has 4 aromatic carbocycles. The monoisotopic (exact) mass is 445 g/mol. The molecule has 4 N–H and O–H groups in total. The van der Waals surface area contributed by atoms with Crippen LogP contribution >= 0.6 is 0 Å². The number of amidine groups is 1. The summed E-state index contributed by atoms with van der Waals surface area (Å²) in [5, 5.41) is 11.8. The third-order valence-electron chi connectivity index (χ3n) is 7.20. The first-order valence-electron chi connectivity index (χ1n) is 11.8. The second-order valence-corrected chi connectivity index (χ2v) is 9.19. The first kappa shape index (κ1) is 20.5. The fraction of sp³-hybridized carbons (Fsp3) is 0.167. The Morgan fingerprint density at radius 3 is 2.41 bits per heavy atom. The van der Waals surface area contributed by atoms with Gasteiger partial charge < -0.3 is 15.8 Å². The Kier molecular flexibility index (Phi) is 5.06. The van der Waals surface area contributed by atoms with Crippen LogP contribution in [-0.4, -0.2) is 5.84 Å². The smallest absolute Gasteiger partial charge is 0.125 e. The van der Waals surface area contributed by atoms with Crippen molar-refractivity contribution in [2.45, 2.75) is 25.0 Å². The summed E-state index contributed by atoms with van der Waals surface area (Å²) in [5.41, 5.74) is 14.1. The Labute approximate surface area is 199 Å². The first-order chi connectivity index (χ1) is 16.7. The molecule has 4 heteroatoms. The van der Waals surface area contributed by atoms with E-state index in [1.807, 2.05) is 30.3 Å². The Morgan fingerprint density at radius 1 is 0.853 bits per heavy atom. The van der Waals surface area contributed by atoms with E-state index in [0.29, 0.717) is 12.5 Å². The van der Waals surface area contributed by atoms with Crippen LogP contribution in [-0.2, 0) is 13.0 Å². The first-order valence-corrected chi connectivity index (χ1v) is 11.8. The molecule has 6 rings (SSSR count). The van der Waals surface area contributed by atoms with Gasteiger partial charge in [0, 0.05) is 22.7 Å². The number of hydrogen-bond donors (Lipinski definition) is 3. The summed E-state index contributed by atoms with van der Waals surface area (Å²) < 4.78 is 6.36. The lowest BCUT2D eigenvalue weighted by molar-refractivity contribution is 0.296. The third-order valence-corrected chi connectivity index (χ3v) is 7.20. The molecule has 1 aliphatic carbocycles. The molecular formula is C30H27N3O. The maximum Gasteiger partial charge on any atom is 0.125 e. The molecule has 168 valence electrons. The number of nitrogen functional groups attached to an aromatic ring is 1. The molecular weight excluding hydrogens is 418 g/mol. The molecule has 0 fully saturated rings. The van der Waals surface area contributed by atoms with Gasteiger partial charge in [-0.2, -0.15) is 0 Å². The number of rotatable bonds is 5. The van der Waals surface area contributed by atoms with E-state index in [2.05, 4.69) is 72.0 Å². The van der Waals surface area contributed by atoms with E-state index in [1.165, 1.54) is 22.3 Å². The zero-order valence-corrected chi connectivity index (χ0v) is 18.9. The van der Waals surface area contributed by atoms with Crippen LogP contribution < -0.4 is 15.8 Å². The molecule has 1 aliphatic heterocycles. The second-order valence-electron chi connectivity index (χ2n) is 9.19. The fourth-order valence-corrected chi connectivity index (χ4v) is 5.64. The zero-order valence-electron chi connectivity index (χ0n) is 18.9. The largest absolute Gasteiger partial charge is 0.489 e. The Bertz CT molecular complexity index is 1360. The van der Waals surface area contributed by atoms with Crippen molar-refractivity contribution in [3.05, 3.63) is 130 Å². The van der Waals surface area contributed by atoms with E-state index < -0.39 is 0 Å². The Balaban J connectivity index is 1.41. The quantitative estimate of drug-likeness (QED) is 0.260. The van der Waals surface area contributed by atoms with Gasteiger partial charge in [-0.25, -0.2) is 0 Å². The molecule has 0 saturated carbocycles. The highest BCUT2D eigenvalue weighted by molar-refractivity contribution is 5.95. The van der Waals surface area contributed by atoms with Crippen LogP contribution in [0.5, 0.6) is 5.75 Å². The number of benzene rings is 4. The topological polar surface area (TPSA) is 71.1 Å². The van der Waals surface area contributed by atoms with Gasteiger partial charge in [0.15, 0.2) is 0 Å². The molecule has 3 unspecified atom stereocenters. The molecule has 0 bridgehead atoms. The van der Waals surface area contributed by atoms with Crippen LogP contribution in [0.4, 0.5) is 5.69 Å². The van der Waals surface area contributed by atoms with Gasteiger partial charge in [-0.15, -0.1) is 0 Å². The van der Waals surface area contributed by atoms with E-state index in [0.717, 1.165) is 29.0 Å². The number of anilines is 1. The number of nitrogens with two attached hydrogens (primary N) is 1. The number of ether oxygens (including phenoxy) is 1. The molecule has 3 atom stereocenters. The Hall–Kier alpha value is -4.05. The Morgan fingerprint density at radius 2 is 1.59 bits per heavy atom. The molecule has 0 spiro atoms. The predicted molar refractivity (Wildman–Crippen MR) is 137 cm³/mol. The minimum atomic E-state index is 0.104. The van der Waals surface area contributed by atoms with Crippen molar-refractivity contribution in [3.8, 4) is 5.75 Å². The van der Waals surface area contributed by atoms with E-state index >= 15 is 0 Å². The van der Waals surface area contributed by atoms with Gasteiger partial charge >= 0.3 is 0 Å². The van der Waals surface area contributed by atoms with Gasteiger partial charge in [0.2, 0.25) is 0 Å². The van der Waals surface area contributed by atoms with Crippen molar-refractivity contribution < 1.29 is 4.74 Å². The van der Waals surface area contributed by atoms with Gasteiger partial charge in [-0.3, -0.25) is 5.41 Å². The highest BCUT2D eigenvalue weighted by Crippen LogP contribution is 2.54. The van der Waals surface area contributed by atoms with E-state index in [4.69, 9.17) is 15.9 Å². The van der Waals surface area contributed by atoms with Crippen LogP contribution in [0.2, 0.25) is 0 Å². The second kappa shape index (κ2) is 8.38. The maximum atomic E-state index is 7.95. The summed E-state index contributed by atoms with van der Waals surface area (Å²) in [6, 6.07) is 33.7. The molecule has 1 heterocycles. The predicted octanol–water partition coefficient (Wildman–Crippen LogP) is 6.02. The lowest BCUT2D eigenvalue weighted by atomic mass is 9.75. The number of fused-ring (bicyclic) bond motifs is 5. The van der Waals surface area contributed by atoms with Crippen molar-refractivity contribution in [3.63, 3.8) is 0 Å². The normalized spacial score (nSPS) is 19.9. The SMILES string of the molecule is N=C(N)c1ccc2c(c1)C1c3ccccc3CC1C(c1ccccc1OCc1ccccc1)N2. The fourth-order valence-electron chi connectivity index (χ4n) is 5.64. The zero-order chi connectivity index (χ0) is 23.1. The molecule has 0 aromatic heterocycles. The van der Waals surface area contributed by atoms with Crippen LogP contribution in [0.3, 0.4) is 0 Å². The summed E-state index contributed by atoms with van der Waals surface area (Å²) in [6.45, 7) is 0.539. The minimum Gasteiger partial charge on any atom is -0.489 e. The van der Waals surface area contributed by atoms with Gasteiger partial charge in [-0.1, -0.05) is 72.8 Å². The van der Waals surface area contributed by atoms with Crippen LogP contribution in [0.1, 0.15) is 45.3 Å². The van der Waals surface area contributed by atoms with Gasteiger partial charge in [0.1, 0.15) is 18.2 Å². The van der Waals surface area contributed by atoms with Gasteiger partial charge in [-0.05, 0) is 58.9 Å². The number of para-hydroxylation sites is 1. The summed E-state index contributed by atoms with van der Waals surface area (Å²) in [6.07, 6.45) is 0.995. The summed E-state index contributed by atoms with van der Waals surface area (Å²) >= 11 is 0. The van der Waals surface area contributed by atoms with E-state index in [1.54, 1.807) is 0 Å². The van der Waals surface area contributed by atoms with E-state index in [9.17, 15) is 0 Å². The minimum absolute atomic E-state index is 0.104. The summed E-state index contributed by atoms with van der Waals surface area (Å²) in [7, 11) is 0. The number of hydrogen-bond acceptors (Lipinski definition) is 3. The van der Waals surface area contributed by atoms with Gasteiger partial charge in [0.25, 0.3) is 0 Å². The van der Waals surface area contributed by atoms with Crippen LogP contribution in [0.15, 0.2) is 97.1 Å². The summed E-state index contributed by atoms with van der Waals surface area (Å²) in [4.78, 5) is 0. The average molecular weight is 446 g/mol. The number of nitrogens with one attached hydrogen (secondary N) is 2. The molecule has 0 saturated heterocycles. The highest BCUT2D eigenvalue weighted by atomic mass is 16.5. The van der Waals surface area contributed by atoms with Crippen molar-refractivity contribution in [2.24, 2.45) is 11.7 Å². The molecule has 4 aromatic rings. The van der Waals surface area contributed by atoms with Gasteiger partial charge in [0.05, 0.1) is 6.04 Å². The van der Waals surface area contributed by atoms with Crippen molar-refractivity contribution in [2.75, 3.05) is 5.32 Å². The lowest BCUT2D eigenvalue weighted by Crippen LogP contribution is -2.31. The molecule has 2 aliphatic rings. The van der Waals surface area contributed by atoms with Crippen molar-refractivity contribution in [1.82, 2.24) is 0 Å². The highest BCUT2D eigenvalue weighted by Gasteiger charge is 2.44. The van der Waals surface area contributed by atoms with E-state index in [-0.39, 0.29) is 17.8 Å². The molecule has 34 heavy (non-hydrogen) atoms. The molecule has 4 nitrogen and oxygen atoms in total.